The standard InChI is InChI=1S/C13H13BrN2O/c1-17-13-7-10(15)6-12(8-13)16-11-4-2-9(14)3-5-11/h2-8,16H,15H2,1H3. The minimum atomic E-state index is 0.670. The Morgan fingerprint density at radius 1 is 1.06 bits per heavy atom. The second-order valence-corrected chi connectivity index (χ2v) is 4.54. The summed E-state index contributed by atoms with van der Waals surface area (Å²) in [6.07, 6.45) is 0. The smallest absolute Gasteiger partial charge is 0.122 e. The van der Waals surface area contributed by atoms with Gasteiger partial charge in [0.15, 0.2) is 0 Å². The van der Waals surface area contributed by atoms with Crippen LogP contribution in [0.4, 0.5) is 17.1 Å². The summed E-state index contributed by atoms with van der Waals surface area (Å²) < 4.78 is 6.21. The van der Waals surface area contributed by atoms with Crippen LogP contribution in [0.2, 0.25) is 0 Å². The van der Waals surface area contributed by atoms with Crippen LogP contribution in [0.5, 0.6) is 5.75 Å². The molecule has 3 N–H and O–H groups in total. The van der Waals surface area contributed by atoms with Crippen LogP contribution in [0.25, 0.3) is 0 Å². The highest BCUT2D eigenvalue weighted by Gasteiger charge is 2.00. The van der Waals surface area contributed by atoms with Crippen molar-refractivity contribution in [2.75, 3.05) is 18.2 Å². The van der Waals surface area contributed by atoms with Gasteiger partial charge >= 0.3 is 0 Å². The van der Waals surface area contributed by atoms with Crippen molar-refractivity contribution in [3.63, 3.8) is 0 Å². The van der Waals surface area contributed by atoms with Gasteiger partial charge in [-0.15, -0.1) is 0 Å². The van der Waals surface area contributed by atoms with Gasteiger partial charge in [0.05, 0.1) is 7.11 Å². The van der Waals surface area contributed by atoms with Gasteiger partial charge in [-0.3, -0.25) is 0 Å². The average molecular weight is 293 g/mol. The van der Waals surface area contributed by atoms with Gasteiger partial charge in [0.1, 0.15) is 5.75 Å². The predicted octanol–water partition coefficient (Wildman–Crippen LogP) is 3.78. The lowest BCUT2D eigenvalue weighted by molar-refractivity contribution is 0.415. The lowest BCUT2D eigenvalue weighted by Gasteiger charge is -2.09. The van der Waals surface area contributed by atoms with E-state index >= 15 is 0 Å². The van der Waals surface area contributed by atoms with Crippen LogP contribution in [0.3, 0.4) is 0 Å². The molecule has 88 valence electrons. The maximum Gasteiger partial charge on any atom is 0.122 e. The van der Waals surface area contributed by atoms with Gasteiger partial charge in [0.2, 0.25) is 0 Å². The molecule has 2 aromatic carbocycles. The number of hydrogen-bond acceptors (Lipinski definition) is 3. The second kappa shape index (κ2) is 5.10. The van der Waals surface area contributed by atoms with Crippen molar-refractivity contribution in [1.82, 2.24) is 0 Å². The molecule has 0 saturated carbocycles. The Kier molecular flexibility index (Phi) is 3.54. The zero-order chi connectivity index (χ0) is 12.3. The summed E-state index contributed by atoms with van der Waals surface area (Å²) in [6, 6.07) is 13.5. The monoisotopic (exact) mass is 292 g/mol. The molecule has 0 radical (unpaired) electrons. The fraction of sp³-hybridized carbons (Fsp3) is 0.0769. The van der Waals surface area contributed by atoms with Gasteiger partial charge in [-0.1, -0.05) is 15.9 Å². The summed E-state index contributed by atoms with van der Waals surface area (Å²) in [4.78, 5) is 0. The summed E-state index contributed by atoms with van der Waals surface area (Å²) >= 11 is 3.40. The fourth-order valence-corrected chi connectivity index (χ4v) is 1.78. The SMILES string of the molecule is COc1cc(N)cc(Nc2ccc(Br)cc2)c1. The molecule has 17 heavy (non-hydrogen) atoms. The molecule has 2 rings (SSSR count). The molecule has 0 fully saturated rings. The van der Waals surface area contributed by atoms with Gasteiger partial charge in [-0.2, -0.15) is 0 Å². The van der Waals surface area contributed by atoms with E-state index in [1.807, 2.05) is 36.4 Å². The van der Waals surface area contributed by atoms with Crippen LogP contribution in [-0.4, -0.2) is 7.11 Å². The summed E-state index contributed by atoms with van der Waals surface area (Å²) in [5.41, 5.74) is 8.36. The number of nitrogens with one attached hydrogen (secondary N) is 1. The van der Waals surface area contributed by atoms with Crippen LogP contribution < -0.4 is 15.8 Å². The lowest BCUT2D eigenvalue weighted by atomic mass is 10.2. The number of hydrogen-bond donors (Lipinski definition) is 2. The molecule has 0 unspecified atom stereocenters. The highest BCUT2D eigenvalue weighted by molar-refractivity contribution is 9.10. The molecule has 0 aliphatic carbocycles. The highest BCUT2D eigenvalue weighted by atomic mass is 79.9. The summed E-state index contributed by atoms with van der Waals surface area (Å²) in [7, 11) is 1.62. The third-order valence-electron chi connectivity index (χ3n) is 2.30. The summed E-state index contributed by atoms with van der Waals surface area (Å²) in [6.45, 7) is 0. The molecule has 4 heteroatoms. The van der Waals surface area contributed by atoms with Crippen molar-refractivity contribution < 1.29 is 4.74 Å². The quantitative estimate of drug-likeness (QED) is 0.847. The van der Waals surface area contributed by atoms with Crippen LogP contribution in [-0.2, 0) is 0 Å². The van der Waals surface area contributed by atoms with E-state index < -0.39 is 0 Å². The number of benzene rings is 2. The van der Waals surface area contributed by atoms with E-state index in [4.69, 9.17) is 10.5 Å². The van der Waals surface area contributed by atoms with Crippen LogP contribution in [0.1, 0.15) is 0 Å². The molecule has 0 aliphatic rings. The number of methoxy groups -OCH3 is 1. The molecular weight excluding hydrogens is 280 g/mol. The molecule has 0 aliphatic heterocycles. The van der Waals surface area contributed by atoms with Gasteiger partial charge < -0.3 is 15.8 Å². The van der Waals surface area contributed by atoms with Crippen LogP contribution >= 0.6 is 15.9 Å². The van der Waals surface area contributed by atoms with E-state index in [0.29, 0.717) is 5.69 Å². The molecule has 0 spiro atoms. The number of rotatable bonds is 3. The van der Waals surface area contributed by atoms with E-state index in [1.165, 1.54) is 0 Å². The summed E-state index contributed by atoms with van der Waals surface area (Å²) in [5, 5.41) is 3.27. The molecule has 0 bridgehead atoms. The Labute approximate surface area is 109 Å². The molecule has 3 nitrogen and oxygen atoms in total. The van der Waals surface area contributed by atoms with Crippen molar-refractivity contribution in [3.05, 3.63) is 46.9 Å². The second-order valence-electron chi connectivity index (χ2n) is 3.63. The van der Waals surface area contributed by atoms with Gasteiger partial charge in [0, 0.05) is 33.7 Å². The van der Waals surface area contributed by atoms with Crippen molar-refractivity contribution >= 4 is 33.0 Å². The van der Waals surface area contributed by atoms with Gasteiger partial charge in [-0.05, 0) is 30.3 Å². The third-order valence-corrected chi connectivity index (χ3v) is 2.83. The van der Waals surface area contributed by atoms with Crippen molar-refractivity contribution in [2.24, 2.45) is 0 Å². The maximum absolute atomic E-state index is 5.79. The lowest BCUT2D eigenvalue weighted by Crippen LogP contribution is -1.94. The Hall–Kier alpha value is -1.68. The Bertz CT molecular complexity index is 511. The molecule has 0 atom stereocenters. The number of nitrogens with two attached hydrogens (primary N) is 1. The average Bonchev–Trinajstić information content (AvgIpc) is 2.31. The van der Waals surface area contributed by atoms with Crippen molar-refractivity contribution in [1.29, 1.82) is 0 Å². The Morgan fingerprint density at radius 2 is 1.76 bits per heavy atom. The minimum absolute atomic E-state index is 0.670. The molecule has 0 heterocycles. The molecule has 0 aromatic heterocycles. The maximum atomic E-state index is 5.79. The number of ether oxygens (including phenoxy) is 1. The first-order valence-electron chi connectivity index (χ1n) is 5.14. The van der Waals surface area contributed by atoms with E-state index in [9.17, 15) is 0 Å². The molecule has 2 aromatic rings. The van der Waals surface area contributed by atoms with E-state index in [1.54, 1.807) is 13.2 Å². The number of halogens is 1. The molecule has 0 amide bonds. The van der Waals surface area contributed by atoms with Crippen molar-refractivity contribution in [3.8, 4) is 5.75 Å². The highest BCUT2D eigenvalue weighted by Crippen LogP contribution is 2.25. The number of anilines is 3. The Morgan fingerprint density at radius 3 is 2.41 bits per heavy atom. The first-order valence-corrected chi connectivity index (χ1v) is 5.94. The molecule has 0 saturated heterocycles. The minimum Gasteiger partial charge on any atom is -0.497 e. The first-order chi connectivity index (χ1) is 8.17. The summed E-state index contributed by atoms with van der Waals surface area (Å²) in [5.74, 6) is 0.740. The van der Waals surface area contributed by atoms with E-state index in [0.717, 1.165) is 21.6 Å². The number of nitrogen functional groups attached to an aromatic ring is 1. The largest absolute Gasteiger partial charge is 0.497 e. The Balaban J connectivity index is 2.23. The third kappa shape index (κ3) is 3.14. The van der Waals surface area contributed by atoms with Crippen LogP contribution in [0, 0.1) is 0 Å². The fourth-order valence-electron chi connectivity index (χ4n) is 1.51. The van der Waals surface area contributed by atoms with E-state index in [-0.39, 0.29) is 0 Å². The van der Waals surface area contributed by atoms with Crippen LogP contribution in [0.15, 0.2) is 46.9 Å². The molecular formula is C13H13BrN2O. The normalized spacial score (nSPS) is 10.0. The zero-order valence-corrected chi connectivity index (χ0v) is 11.0. The van der Waals surface area contributed by atoms with Gasteiger partial charge in [0.25, 0.3) is 0 Å². The van der Waals surface area contributed by atoms with Crippen molar-refractivity contribution in [2.45, 2.75) is 0 Å². The van der Waals surface area contributed by atoms with Gasteiger partial charge in [-0.25, -0.2) is 0 Å². The predicted molar refractivity (Wildman–Crippen MR) is 74.8 cm³/mol. The topological polar surface area (TPSA) is 47.3 Å². The zero-order valence-electron chi connectivity index (χ0n) is 9.41. The van der Waals surface area contributed by atoms with E-state index in [2.05, 4.69) is 21.2 Å². The first kappa shape index (κ1) is 11.8.